The lowest BCUT2D eigenvalue weighted by Gasteiger charge is -2.39. The Balaban J connectivity index is 1.52. The van der Waals surface area contributed by atoms with Gasteiger partial charge in [0.25, 0.3) is 0 Å². The van der Waals surface area contributed by atoms with Gasteiger partial charge in [-0.25, -0.2) is 0 Å². The van der Waals surface area contributed by atoms with Crippen molar-refractivity contribution in [2.45, 2.75) is 19.3 Å². The van der Waals surface area contributed by atoms with Crippen molar-refractivity contribution < 1.29 is 0 Å². The van der Waals surface area contributed by atoms with Gasteiger partial charge in [0.2, 0.25) is 0 Å². The van der Waals surface area contributed by atoms with Crippen LogP contribution in [-0.2, 0) is 19.3 Å². The average molecular weight is 359 g/mol. The Morgan fingerprint density at radius 3 is 2.61 bits per heavy atom. The third-order valence-corrected chi connectivity index (χ3v) is 6.48. The van der Waals surface area contributed by atoms with E-state index in [4.69, 9.17) is 4.98 Å². The summed E-state index contributed by atoms with van der Waals surface area (Å²) >= 11 is 0. The largest absolute Gasteiger partial charge is 0.306 e. The Morgan fingerprint density at radius 1 is 0.679 bits per heavy atom. The Labute approximate surface area is 163 Å². The SMILES string of the molecule is c1ccc2c(c1)Cc1c-2ccc2c1Cc1nccc3c1N2c1cnccc1C3. The van der Waals surface area contributed by atoms with Crippen molar-refractivity contribution in [3.63, 3.8) is 0 Å². The van der Waals surface area contributed by atoms with Crippen LogP contribution in [0.15, 0.2) is 67.1 Å². The molecule has 2 aliphatic heterocycles. The molecule has 132 valence electrons. The van der Waals surface area contributed by atoms with Crippen LogP contribution in [0.4, 0.5) is 17.1 Å². The summed E-state index contributed by atoms with van der Waals surface area (Å²) in [5.74, 6) is 0. The first-order valence-corrected chi connectivity index (χ1v) is 9.81. The lowest BCUT2D eigenvalue weighted by atomic mass is 9.87. The Bertz CT molecular complexity index is 1310. The fourth-order valence-corrected chi connectivity index (χ4v) is 5.27. The van der Waals surface area contributed by atoms with Crippen molar-refractivity contribution in [3.8, 4) is 11.1 Å². The molecular weight excluding hydrogens is 342 g/mol. The third-order valence-electron chi connectivity index (χ3n) is 6.48. The number of hydrogen-bond donors (Lipinski definition) is 0. The molecule has 7 rings (SSSR count). The summed E-state index contributed by atoms with van der Waals surface area (Å²) in [5, 5.41) is 0. The molecule has 0 unspecified atom stereocenters. The van der Waals surface area contributed by atoms with E-state index in [0.29, 0.717) is 0 Å². The maximum atomic E-state index is 4.80. The quantitative estimate of drug-likeness (QED) is 0.367. The van der Waals surface area contributed by atoms with Gasteiger partial charge < -0.3 is 4.90 Å². The maximum Gasteiger partial charge on any atom is 0.0716 e. The number of anilines is 3. The van der Waals surface area contributed by atoms with Crippen LogP contribution in [0.1, 0.15) is 33.5 Å². The molecule has 4 heterocycles. The number of pyridine rings is 2. The van der Waals surface area contributed by atoms with Crippen molar-refractivity contribution in [2.24, 2.45) is 0 Å². The predicted molar refractivity (Wildman–Crippen MR) is 111 cm³/mol. The van der Waals surface area contributed by atoms with E-state index in [0.717, 1.165) is 19.3 Å². The molecule has 0 N–H and O–H groups in total. The van der Waals surface area contributed by atoms with E-state index in [1.165, 1.54) is 61.7 Å². The molecule has 3 heteroatoms. The van der Waals surface area contributed by atoms with Crippen LogP contribution < -0.4 is 4.90 Å². The summed E-state index contributed by atoms with van der Waals surface area (Å²) in [6.07, 6.45) is 8.74. The topological polar surface area (TPSA) is 29.0 Å². The molecule has 0 fully saturated rings. The number of aromatic nitrogens is 2. The van der Waals surface area contributed by atoms with Gasteiger partial charge in [-0.05, 0) is 63.6 Å². The number of nitrogens with zero attached hydrogens (tertiary/aromatic N) is 3. The van der Waals surface area contributed by atoms with Gasteiger partial charge in [-0.15, -0.1) is 0 Å². The molecule has 3 nitrogen and oxygen atoms in total. The van der Waals surface area contributed by atoms with Crippen LogP contribution >= 0.6 is 0 Å². The number of hydrogen-bond acceptors (Lipinski definition) is 3. The van der Waals surface area contributed by atoms with Gasteiger partial charge in [0, 0.05) is 25.2 Å². The normalized spacial score (nSPS) is 14.6. The Hall–Kier alpha value is -3.46. The second-order valence-electron chi connectivity index (χ2n) is 7.88. The molecule has 4 aromatic rings. The van der Waals surface area contributed by atoms with Crippen LogP contribution in [0.5, 0.6) is 0 Å². The zero-order chi connectivity index (χ0) is 18.2. The van der Waals surface area contributed by atoms with E-state index in [-0.39, 0.29) is 0 Å². The van der Waals surface area contributed by atoms with Crippen LogP contribution in [-0.4, -0.2) is 9.97 Å². The predicted octanol–water partition coefficient (Wildman–Crippen LogP) is 5.33. The maximum absolute atomic E-state index is 4.80. The molecule has 0 bridgehead atoms. The van der Waals surface area contributed by atoms with Crippen LogP contribution in [0.25, 0.3) is 11.1 Å². The highest BCUT2D eigenvalue weighted by Crippen LogP contribution is 2.52. The van der Waals surface area contributed by atoms with Gasteiger partial charge in [0.1, 0.15) is 0 Å². The molecule has 2 aromatic carbocycles. The van der Waals surface area contributed by atoms with Gasteiger partial charge >= 0.3 is 0 Å². The third kappa shape index (κ3) is 1.74. The lowest BCUT2D eigenvalue weighted by molar-refractivity contribution is 0.944. The van der Waals surface area contributed by atoms with Gasteiger partial charge in [0.05, 0.1) is 29.0 Å². The molecule has 0 amide bonds. The Kier molecular flexibility index (Phi) is 2.64. The van der Waals surface area contributed by atoms with Gasteiger partial charge in [-0.1, -0.05) is 30.3 Å². The van der Waals surface area contributed by atoms with Crippen LogP contribution in [0.2, 0.25) is 0 Å². The molecule has 28 heavy (non-hydrogen) atoms. The van der Waals surface area contributed by atoms with Crippen LogP contribution in [0.3, 0.4) is 0 Å². The second-order valence-corrected chi connectivity index (χ2v) is 7.88. The lowest BCUT2D eigenvalue weighted by Crippen LogP contribution is -2.26. The van der Waals surface area contributed by atoms with Gasteiger partial charge in [-0.2, -0.15) is 0 Å². The number of benzene rings is 2. The summed E-state index contributed by atoms with van der Waals surface area (Å²) in [7, 11) is 0. The van der Waals surface area contributed by atoms with Gasteiger partial charge in [0.15, 0.2) is 0 Å². The first-order valence-electron chi connectivity index (χ1n) is 9.81. The standard InChI is InChI=1S/C25H17N3/c1-2-4-18-15(3-1)12-20-19(18)5-6-23-21(20)13-22-25-17(8-10-27-22)11-16-7-9-26-14-24(16)28(23)25/h1-10,14H,11-13H2. The minimum absolute atomic E-state index is 0.905. The minimum Gasteiger partial charge on any atom is -0.306 e. The highest BCUT2D eigenvalue weighted by atomic mass is 15.2. The molecule has 2 aromatic heterocycles. The van der Waals surface area contributed by atoms with E-state index in [9.17, 15) is 0 Å². The zero-order valence-electron chi connectivity index (χ0n) is 15.3. The minimum atomic E-state index is 0.905. The highest BCUT2D eigenvalue weighted by Gasteiger charge is 2.35. The second kappa shape index (κ2) is 5.08. The molecule has 0 saturated carbocycles. The first-order chi connectivity index (χ1) is 13.9. The summed E-state index contributed by atoms with van der Waals surface area (Å²) in [4.78, 5) is 11.6. The number of fused-ring (bicyclic) bond motifs is 8. The molecule has 0 spiro atoms. The Morgan fingerprint density at radius 2 is 1.61 bits per heavy atom. The molecule has 0 saturated heterocycles. The van der Waals surface area contributed by atoms with E-state index >= 15 is 0 Å². The van der Waals surface area contributed by atoms with Crippen molar-refractivity contribution >= 4 is 17.1 Å². The average Bonchev–Trinajstić information content (AvgIpc) is 3.13. The molecule has 0 radical (unpaired) electrons. The van der Waals surface area contributed by atoms with E-state index < -0.39 is 0 Å². The fourth-order valence-electron chi connectivity index (χ4n) is 5.27. The molecule has 1 aliphatic carbocycles. The first kappa shape index (κ1) is 14.6. The zero-order valence-corrected chi connectivity index (χ0v) is 15.3. The van der Waals surface area contributed by atoms with Crippen molar-refractivity contribution in [2.75, 3.05) is 4.90 Å². The van der Waals surface area contributed by atoms with Crippen molar-refractivity contribution in [1.29, 1.82) is 0 Å². The van der Waals surface area contributed by atoms with Crippen molar-refractivity contribution in [1.82, 2.24) is 9.97 Å². The van der Waals surface area contributed by atoms with E-state index in [2.05, 4.69) is 58.4 Å². The summed E-state index contributed by atoms with van der Waals surface area (Å²) in [6, 6.07) is 17.7. The monoisotopic (exact) mass is 359 g/mol. The summed E-state index contributed by atoms with van der Waals surface area (Å²) < 4.78 is 0. The van der Waals surface area contributed by atoms with Gasteiger partial charge in [-0.3, -0.25) is 9.97 Å². The van der Waals surface area contributed by atoms with E-state index in [1.54, 1.807) is 0 Å². The van der Waals surface area contributed by atoms with E-state index in [1.807, 2.05) is 18.6 Å². The summed E-state index contributed by atoms with van der Waals surface area (Å²) in [6.45, 7) is 0. The number of rotatable bonds is 0. The summed E-state index contributed by atoms with van der Waals surface area (Å²) in [5.41, 5.74) is 14.7. The van der Waals surface area contributed by atoms with Crippen molar-refractivity contribution in [3.05, 3.63) is 101 Å². The van der Waals surface area contributed by atoms with Crippen LogP contribution in [0, 0.1) is 0 Å². The molecular formula is C25H17N3. The fraction of sp³-hybridized carbons (Fsp3) is 0.120. The molecule has 0 atom stereocenters. The smallest absolute Gasteiger partial charge is 0.0716 e. The molecule has 3 aliphatic rings. The highest BCUT2D eigenvalue weighted by molar-refractivity contribution is 5.91.